The third-order valence-electron chi connectivity index (χ3n) is 4.03. The van der Waals surface area contributed by atoms with Gasteiger partial charge in [-0.25, -0.2) is 4.99 Å². The molecular weight excluding hydrogens is 332 g/mol. The number of nitrogens with one attached hydrogen (secondary N) is 2. The van der Waals surface area contributed by atoms with Crippen LogP contribution in [0, 0.1) is 0 Å². The molecule has 1 aliphatic heterocycles. The Kier molecular flexibility index (Phi) is 5.58. The van der Waals surface area contributed by atoms with Gasteiger partial charge in [0, 0.05) is 23.7 Å². The number of fused-ring (bicyclic) bond motifs is 1. The summed E-state index contributed by atoms with van der Waals surface area (Å²) >= 11 is 0. The molecule has 2 aromatic rings. The maximum atomic E-state index is 12.2. The minimum Gasteiger partial charge on any atom is -0.497 e. The molecular formula is C19H22N4O3. The number of nitrogens with two attached hydrogens (primary N) is 1. The van der Waals surface area contributed by atoms with Gasteiger partial charge in [-0.3, -0.25) is 4.79 Å². The van der Waals surface area contributed by atoms with E-state index in [1.165, 1.54) is 0 Å². The first-order valence-corrected chi connectivity index (χ1v) is 8.38. The van der Waals surface area contributed by atoms with Crippen LogP contribution < -0.4 is 25.8 Å². The number of nitrogens with zero attached hydrogens (tertiary/aromatic N) is 1. The van der Waals surface area contributed by atoms with Crippen molar-refractivity contribution in [1.29, 1.82) is 0 Å². The molecule has 136 valence electrons. The standard InChI is InChI=1S/C19H22N4O3/c1-25-14-6-4-5-13(11-14)22-19(20)21-12-18(24)23-16-9-10-26-17-8-3-2-7-15(16)17/h2-8,11,16H,9-10,12H2,1H3,(H,23,24)(H3,20,21,22). The van der Waals surface area contributed by atoms with Crippen molar-refractivity contribution in [2.45, 2.75) is 12.5 Å². The highest BCUT2D eigenvalue weighted by molar-refractivity contribution is 5.94. The van der Waals surface area contributed by atoms with E-state index in [2.05, 4.69) is 15.6 Å². The molecule has 7 nitrogen and oxygen atoms in total. The van der Waals surface area contributed by atoms with Crippen molar-refractivity contribution >= 4 is 17.6 Å². The molecule has 0 saturated heterocycles. The molecule has 3 rings (SSSR count). The molecule has 0 aliphatic carbocycles. The van der Waals surface area contributed by atoms with Crippen molar-refractivity contribution in [3.63, 3.8) is 0 Å². The van der Waals surface area contributed by atoms with E-state index in [1.54, 1.807) is 13.2 Å². The van der Waals surface area contributed by atoms with E-state index in [1.807, 2.05) is 42.5 Å². The Bertz CT molecular complexity index is 807. The zero-order valence-electron chi connectivity index (χ0n) is 14.6. The number of aliphatic imine (C=N–C) groups is 1. The second-order valence-electron chi connectivity index (χ2n) is 5.85. The van der Waals surface area contributed by atoms with Gasteiger partial charge in [-0.1, -0.05) is 24.3 Å². The number of guanidine groups is 1. The van der Waals surface area contributed by atoms with Crippen molar-refractivity contribution < 1.29 is 14.3 Å². The molecule has 0 radical (unpaired) electrons. The molecule has 0 bridgehead atoms. The van der Waals surface area contributed by atoms with Crippen LogP contribution in [0.3, 0.4) is 0 Å². The molecule has 1 unspecified atom stereocenters. The number of amides is 1. The first-order valence-electron chi connectivity index (χ1n) is 8.38. The van der Waals surface area contributed by atoms with Crippen molar-refractivity contribution in [3.05, 3.63) is 54.1 Å². The Balaban J connectivity index is 1.56. The lowest BCUT2D eigenvalue weighted by Crippen LogP contribution is -2.34. The second-order valence-corrected chi connectivity index (χ2v) is 5.85. The van der Waals surface area contributed by atoms with Gasteiger partial charge in [-0.2, -0.15) is 0 Å². The summed E-state index contributed by atoms with van der Waals surface area (Å²) in [6.45, 7) is 0.521. The summed E-state index contributed by atoms with van der Waals surface area (Å²) in [6.07, 6.45) is 0.726. The van der Waals surface area contributed by atoms with E-state index in [9.17, 15) is 4.79 Å². The normalized spacial score (nSPS) is 16.2. The van der Waals surface area contributed by atoms with Crippen LogP contribution in [-0.2, 0) is 4.79 Å². The summed E-state index contributed by atoms with van der Waals surface area (Å²) < 4.78 is 10.8. The van der Waals surface area contributed by atoms with Gasteiger partial charge in [-0.15, -0.1) is 0 Å². The second kappa shape index (κ2) is 8.24. The van der Waals surface area contributed by atoms with Crippen LogP contribution >= 0.6 is 0 Å². The zero-order valence-corrected chi connectivity index (χ0v) is 14.6. The number of benzene rings is 2. The van der Waals surface area contributed by atoms with E-state index >= 15 is 0 Å². The molecule has 26 heavy (non-hydrogen) atoms. The van der Waals surface area contributed by atoms with E-state index < -0.39 is 0 Å². The van der Waals surface area contributed by atoms with E-state index in [0.29, 0.717) is 12.4 Å². The van der Waals surface area contributed by atoms with Gasteiger partial charge in [-0.05, 0) is 18.2 Å². The van der Waals surface area contributed by atoms with Crippen LogP contribution in [0.2, 0.25) is 0 Å². The van der Waals surface area contributed by atoms with E-state index in [-0.39, 0.29) is 24.5 Å². The monoisotopic (exact) mass is 354 g/mol. The van der Waals surface area contributed by atoms with Gasteiger partial charge in [0.15, 0.2) is 5.96 Å². The van der Waals surface area contributed by atoms with E-state index in [0.717, 1.165) is 23.4 Å². The lowest BCUT2D eigenvalue weighted by atomic mass is 10.0. The Hall–Kier alpha value is -3.22. The molecule has 4 N–H and O–H groups in total. The highest BCUT2D eigenvalue weighted by Crippen LogP contribution is 2.31. The first-order chi connectivity index (χ1) is 12.7. The number of hydrogen-bond acceptors (Lipinski definition) is 4. The zero-order chi connectivity index (χ0) is 18.4. The molecule has 2 aromatic carbocycles. The fraction of sp³-hybridized carbons (Fsp3) is 0.263. The summed E-state index contributed by atoms with van der Waals surface area (Å²) in [5, 5.41) is 5.92. The summed E-state index contributed by atoms with van der Waals surface area (Å²) in [5.41, 5.74) is 7.58. The fourth-order valence-electron chi connectivity index (χ4n) is 2.78. The molecule has 1 amide bonds. The Morgan fingerprint density at radius 2 is 2.15 bits per heavy atom. The Labute approximate surface area is 152 Å². The average molecular weight is 354 g/mol. The summed E-state index contributed by atoms with van der Waals surface area (Å²) in [4.78, 5) is 16.3. The highest BCUT2D eigenvalue weighted by atomic mass is 16.5. The smallest absolute Gasteiger partial charge is 0.242 e. The Morgan fingerprint density at radius 1 is 1.31 bits per heavy atom. The molecule has 0 fully saturated rings. The van der Waals surface area contributed by atoms with Gasteiger partial charge in [0.05, 0.1) is 19.8 Å². The third-order valence-corrected chi connectivity index (χ3v) is 4.03. The van der Waals surface area contributed by atoms with Crippen LogP contribution in [0.1, 0.15) is 18.0 Å². The van der Waals surface area contributed by atoms with Gasteiger partial charge in [0.1, 0.15) is 18.0 Å². The number of rotatable bonds is 5. The van der Waals surface area contributed by atoms with Crippen molar-refractivity contribution in [2.24, 2.45) is 10.7 Å². The van der Waals surface area contributed by atoms with E-state index in [4.69, 9.17) is 15.2 Å². The topological polar surface area (TPSA) is 98.0 Å². The SMILES string of the molecule is COc1cccc(NC(N)=NCC(=O)NC2CCOc3ccccc32)c1. The minimum absolute atomic E-state index is 0.0532. The number of anilines is 1. The number of carbonyl (C=O) groups is 1. The summed E-state index contributed by atoms with van der Waals surface area (Å²) in [6, 6.07) is 14.9. The number of carbonyl (C=O) groups excluding carboxylic acids is 1. The lowest BCUT2D eigenvalue weighted by Gasteiger charge is -2.26. The number of ether oxygens (including phenoxy) is 2. The van der Waals surface area contributed by atoms with Gasteiger partial charge in [0.25, 0.3) is 0 Å². The molecule has 1 aliphatic rings. The van der Waals surface area contributed by atoms with Crippen LogP contribution in [0.5, 0.6) is 11.5 Å². The summed E-state index contributed by atoms with van der Waals surface area (Å²) in [5.74, 6) is 1.49. The Morgan fingerprint density at radius 3 is 3.00 bits per heavy atom. The van der Waals surface area contributed by atoms with Crippen LogP contribution in [-0.4, -0.2) is 32.1 Å². The van der Waals surface area contributed by atoms with Gasteiger partial charge < -0.3 is 25.8 Å². The maximum absolute atomic E-state index is 12.2. The van der Waals surface area contributed by atoms with Crippen molar-refractivity contribution in [2.75, 3.05) is 25.6 Å². The van der Waals surface area contributed by atoms with Gasteiger partial charge in [0.2, 0.25) is 5.91 Å². The average Bonchev–Trinajstić information content (AvgIpc) is 2.67. The third kappa shape index (κ3) is 4.44. The summed E-state index contributed by atoms with van der Waals surface area (Å²) in [7, 11) is 1.59. The molecule has 0 spiro atoms. The molecule has 1 atom stereocenters. The number of para-hydroxylation sites is 1. The van der Waals surface area contributed by atoms with Crippen LogP contribution in [0.15, 0.2) is 53.5 Å². The quantitative estimate of drug-likeness (QED) is 0.564. The predicted molar refractivity (Wildman–Crippen MR) is 101 cm³/mol. The lowest BCUT2D eigenvalue weighted by molar-refractivity contribution is -0.120. The largest absolute Gasteiger partial charge is 0.497 e. The van der Waals surface area contributed by atoms with Crippen LogP contribution in [0.25, 0.3) is 0 Å². The molecule has 0 aromatic heterocycles. The van der Waals surface area contributed by atoms with Gasteiger partial charge >= 0.3 is 0 Å². The highest BCUT2D eigenvalue weighted by Gasteiger charge is 2.22. The maximum Gasteiger partial charge on any atom is 0.242 e. The molecule has 7 heteroatoms. The molecule has 1 heterocycles. The van der Waals surface area contributed by atoms with Crippen LogP contribution in [0.4, 0.5) is 5.69 Å². The fourth-order valence-corrected chi connectivity index (χ4v) is 2.78. The molecule has 0 saturated carbocycles. The van der Waals surface area contributed by atoms with Crippen molar-refractivity contribution in [3.8, 4) is 11.5 Å². The number of hydrogen-bond donors (Lipinski definition) is 3. The van der Waals surface area contributed by atoms with Crippen molar-refractivity contribution in [1.82, 2.24) is 5.32 Å². The predicted octanol–water partition coefficient (Wildman–Crippen LogP) is 2.06. The first kappa shape index (κ1) is 17.6. The minimum atomic E-state index is -0.193. The number of methoxy groups -OCH3 is 1.